The summed E-state index contributed by atoms with van der Waals surface area (Å²) in [4.78, 5) is 36.0. The molecule has 3 amide bonds. The normalized spacial score (nSPS) is 11.4. The summed E-state index contributed by atoms with van der Waals surface area (Å²) < 4.78 is 10.6. The van der Waals surface area contributed by atoms with Crippen molar-refractivity contribution < 1.29 is 23.9 Å². The Balaban J connectivity index is 1.38. The second-order valence-electron chi connectivity index (χ2n) is 7.79. The number of carbonyl (C=O) groups excluding carboxylic acids is 3. The van der Waals surface area contributed by atoms with Gasteiger partial charge in [-0.3, -0.25) is 14.4 Å². The molecule has 3 rings (SSSR count). The van der Waals surface area contributed by atoms with E-state index in [-0.39, 0.29) is 25.1 Å². The molecule has 0 fully saturated rings. The standard InChI is InChI=1S/C27H28N4O5/c1-19(22-6-4-3-5-7-22)30-25(32)18-36-24-14-10-21(11-15-24)17-29-31-27(34)26(33)28-16-20-8-12-23(35-2)13-9-20/h3-15,17,19H,16,18H2,1-2H3,(H,28,33)(H,30,32)(H,31,34)/b29-17-/t19-/m0/s1. The molecule has 186 valence electrons. The highest BCUT2D eigenvalue weighted by Gasteiger charge is 2.12. The average molecular weight is 489 g/mol. The third-order valence-electron chi connectivity index (χ3n) is 5.13. The van der Waals surface area contributed by atoms with Gasteiger partial charge in [-0.05, 0) is 60.0 Å². The molecule has 0 aliphatic rings. The van der Waals surface area contributed by atoms with Gasteiger partial charge in [-0.2, -0.15) is 5.10 Å². The number of methoxy groups -OCH3 is 1. The van der Waals surface area contributed by atoms with Gasteiger partial charge in [0.15, 0.2) is 6.61 Å². The van der Waals surface area contributed by atoms with Crippen LogP contribution in [0, 0.1) is 0 Å². The summed E-state index contributed by atoms with van der Waals surface area (Å²) in [6.07, 6.45) is 1.40. The molecule has 36 heavy (non-hydrogen) atoms. The Morgan fingerprint density at radius 1 is 0.889 bits per heavy atom. The monoisotopic (exact) mass is 488 g/mol. The Kier molecular flexibility index (Phi) is 9.58. The van der Waals surface area contributed by atoms with Crippen molar-refractivity contribution in [1.29, 1.82) is 0 Å². The van der Waals surface area contributed by atoms with E-state index in [4.69, 9.17) is 9.47 Å². The van der Waals surface area contributed by atoms with Crippen LogP contribution in [0.25, 0.3) is 0 Å². The molecule has 1 atom stereocenters. The quantitative estimate of drug-likeness (QED) is 0.230. The zero-order valence-corrected chi connectivity index (χ0v) is 20.1. The number of hydrogen-bond acceptors (Lipinski definition) is 6. The van der Waals surface area contributed by atoms with E-state index in [2.05, 4.69) is 21.2 Å². The van der Waals surface area contributed by atoms with Crippen molar-refractivity contribution in [3.05, 3.63) is 95.6 Å². The maximum Gasteiger partial charge on any atom is 0.329 e. The van der Waals surface area contributed by atoms with E-state index in [9.17, 15) is 14.4 Å². The molecule has 0 bridgehead atoms. The van der Waals surface area contributed by atoms with E-state index < -0.39 is 11.8 Å². The van der Waals surface area contributed by atoms with Crippen LogP contribution in [0.5, 0.6) is 11.5 Å². The molecule has 0 saturated carbocycles. The van der Waals surface area contributed by atoms with Crippen LogP contribution in [-0.2, 0) is 20.9 Å². The van der Waals surface area contributed by atoms with Crippen LogP contribution < -0.4 is 25.5 Å². The Bertz CT molecular complexity index is 1180. The Morgan fingerprint density at radius 3 is 2.22 bits per heavy atom. The number of nitrogens with zero attached hydrogens (tertiary/aromatic N) is 1. The number of hydrogen-bond donors (Lipinski definition) is 3. The molecule has 0 radical (unpaired) electrons. The van der Waals surface area contributed by atoms with Gasteiger partial charge in [-0.1, -0.05) is 42.5 Å². The lowest BCUT2D eigenvalue weighted by molar-refractivity contribution is -0.139. The number of ether oxygens (including phenoxy) is 2. The fourth-order valence-electron chi connectivity index (χ4n) is 3.13. The van der Waals surface area contributed by atoms with E-state index in [0.717, 1.165) is 11.1 Å². The molecule has 3 N–H and O–H groups in total. The van der Waals surface area contributed by atoms with Crippen molar-refractivity contribution in [2.45, 2.75) is 19.5 Å². The Morgan fingerprint density at radius 2 is 1.56 bits per heavy atom. The second kappa shape index (κ2) is 13.3. The lowest BCUT2D eigenvalue weighted by atomic mass is 10.1. The Hall–Kier alpha value is -4.66. The lowest BCUT2D eigenvalue weighted by Crippen LogP contribution is -2.37. The van der Waals surface area contributed by atoms with Crippen LogP contribution in [-0.4, -0.2) is 37.7 Å². The summed E-state index contributed by atoms with van der Waals surface area (Å²) in [5.74, 6) is -0.695. The van der Waals surface area contributed by atoms with Crippen molar-refractivity contribution in [3.63, 3.8) is 0 Å². The first-order chi connectivity index (χ1) is 17.4. The first-order valence-electron chi connectivity index (χ1n) is 11.3. The predicted octanol–water partition coefficient (Wildman–Crippen LogP) is 2.72. The minimum atomic E-state index is -0.879. The molecule has 3 aromatic carbocycles. The van der Waals surface area contributed by atoms with Gasteiger partial charge in [0.25, 0.3) is 5.91 Å². The molecule has 0 heterocycles. The summed E-state index contributed by atoms with van der Waals surface area (Å²) in [6, 6.07) is 23.4. The topological polar surface area (TPSA) is 118 Å². The molecule has 0 spiro atoms. The van der Waals surface area contributed by atoms with Gasteiger partial charge in [0.05, 0.1) is 19.4 Å². The third kappa shape index (κ3) is 8.28. The molecule has 9 heteroatoms. The summed E-state index contributed by atoms with van der Waals surface area (Å²) in [6.45, 7) is 1.99. The molecule has 0 aliphatic heterocycles. The molecule has 0 aliphatic carbocycles. The summed E-state index contributed by atoms with van der Waals surface area (Å²) in [5, 5.41) is 9.21. The highest BCUT2D eigenvalue weighted by molar-refractivity contribution is 6.35. The first-order valence-corrected chi connectivity index (χ1v) is 11.3. The fraction of sp³-hybridized carbons (Fsp3) is 0.185. The van der Waals surface area contributed by atoms with Crippen molar-refractivity contribution in [1.82, 2.24) is 16.1 Å². The van der Waals surface area contributed by atoms with Crippen LogP contribution in [0.1, 0.15) is 29.7 Å². The maximum absolute atomic E-state index is 12.1. The van der Waals surface area contributed by atoms with Gasteiger partial charge in [0.2, 0.25) is 0 Å². The van der Waals surface area contributed by atoms with E-state index in [1.54, 1.807) is 55.6 Å². The zero-order chi connectivity index (χ0) is 25.8. The number of benzene rings is 3. The van der Waals surface area contributed by atoms with Crippen LogP contribution >= 0.6 is 0 Å². The van der Waals surface area contributed by atoms with Crippen LogP contribution in [0.3, 0.4) is 0 Å². The molecule has 0 aromatic heterocycles. The number of amides is 3. The number of hydrazone groups is 1. The SMILES string of the molecule is COc1ccc(CNC(=O)C(=O)N/N=C\c2ccc(OCC(=O)N[C@@H](C)c3ccccc3)cc2)cc1. The van der Waals surface area contributed by atoms with Crippen LogP contribution in [0.4, 0.5) is 0 Å². The van der Waals surface area contributed by atoms with E-state index >= 15 is 0 Å². The van der Waals surface area contributed by atoms with Gasteiger partial charge in [-0.25, -0.2) is 5.43 Å². The molecule has 0 unspecified atom stereocenters. The second-order valence-corrected chi connectivity index (χ2v) is 7.79. The van der Waals surface area contributed by atoms with Crippen molar-refractivity contribution in [2.75, 3.05) is 13.7 Å². The summed E-state index contributed by atoms with van der Waals surface area (Å²) >= 11 is 0. The minimum Gasteiger partial charge on any atom is -0.497 e. The number of carbonyl (C=O) groups is 3. The van der Waals surface area contributed by atoms with E-state index in [1.165, 1.54) is 6.21 Å². The number of nitrogens with one attached hydrogen (secondary N) is 3. The summed E-state index contributed by atoms with van der Waals surface area (Å²) in [5.41, 5.74) is 4.69. The van der Waals surface area contributed by atoms with Crippen molar-refractivity contribution in [3.8, 4) is 11.5 Å². The van der Waals surface area contributed by atoms with Gasteiger partial charge in [-0.15, -0.1) is 0 Å². The fourth-order valence-corrected chi connectivity index (χ4v) is 3.13. The van der Waals surface area contributed by atoms with E-state index in [0.29, 0.717) is 17.1 Å². The van der Waals surface area contributed by atoms with Gasteiger partial charge >= 0.3 is 11.8 Å². The smallest absolute Gasteiger partial charge is 0.329 e. The molecule has 9 nitrogen and oxygen atoms in total. The number of rotatable bonds is 10. The average Bonchev–Trinajstić information content (AvgIpc) is 2.92. The van der Waals surface area contributed by atoms with Crippen LogP contribution in [0.2, 0.25) is 0 Å². The molecule has 3 aromatic rings. The van der Waals surface area contributed by atoms with Crippen LogP contribution in [0.15, 0.2) is 84.0 Å². The third-order valence-corrected chi connectivity index (χ3v) is 5.13. The highest BCUT2D eigenvalue weighted by Crippen LogP contribution is 2.13. The Labute approximate surface area is 209 Å². The van der Waals surface area contributed by atoms with E-state index in [1.807, 2.05) is 37.3 Å². The minimum absolute atomic E-state index is 0.119. The molecular formula is C27H28N4O5. The molecule has 0 saturated heterocycles. The predicted molar refractivity (Wildman–Crippen MR) is 136 cm³/mol. The summed E-state index contributed by atoms with van der Waals surface area (Å²) in [7, 11) is 1.57. The maximum atomic E-state index is 12.1. The highest BCUT2D eigenvalue weighted by atomic mass is 16.5. The van der Waals surface area contributed by atoms with Gasteiger partial charge in [0.1, 0.15) is 11.5 Å². The first kappa shape index (κ1) is 26.0. The zero-order valence-electron chi connectivity index (χ0n) is 20.1. The lowest BCUT2D eigenvalue weighted by Gasteiger charge is -2.14. The largest absolute Gasteiger partial charge is 0.497 e. The molecular weight excluding hydrogens is 460 g/mol. The van der Waals surface area contributed by atoms with Gasteiger partial charge in [0, 0.05) is 6.54 Å². The van der Waals surface area contributed by atoms with Crippen molar-refractivity contribution >= 4 is 23.9 Å². The van der Waals surface area contributed by atoms with Crippen molar-refractivity contribution in [2.24, 2.45) is 5.10 Å². The van der Waals surface area contributed by atoms with Gasteiger partial charge < -0.3 is 20.1 Å².